The number of carbonyl (C=O) groups is 1. The second-order valence-corrected chi connectivity index (χ2v) is 6.02. The number of alkyl halides is 3. The van der Waals surface area contributed by atoms with Crippen LogP contribution in [0.3, 0.4) is 0 Å². The molecule has 8 heteroatoms. The van der Waals surface area contributed by atoms with Crippen LogP contribution in [0.1, 0.15) is 21.6 Å². The van der Waals surface area contributed by atoms with Crippen molar-refractivity contribution >= 4 is 27.5 Å². The minimum atomic E-state index is -4.42. The van der Waals surface area contributed by atoms with Gasteiger partial charge in [-0.1, -0.05) is 0 Å². The fourth-order valence-corrected chi connectivity index (χ4v) is 2.54. The molecule has 2 heterocycles. The lowest BCUT2D eigenvalue weighted by Crippen LogP contribution is -2.23. The van der Waals surface area contributed by atoms with Gasteiger partial charge in [-0.3, -0.25) is 4.79 Å². The van der Waals surface area contributed by atoms with Crippen molar-refractivity contribution < 1.29 is 18.0 Å². The topological polar surface area (TPSA) is 46.4 Å². The molecule has 124 valence electrons. The maximum atomic E-state index is 12.5. The van der Waals surface area contributed by atoms with Gasteiger partial charge in [-0.2, -0.15) is 13.2 Å². The van der Waals surface area contributed by atoms with E-state index in [0.29, 0.717) is 5.69 Å². The van der Waals surface area contributed by atoms with Crippen LogP contribution >= 0.6 is 15.9 Å². The van der Waals surface area contributed by atoms with Crippen LogP contribution in [-0.2, 0) is 12.7 Å². The van der Waals surface area contributed by atoms with Crippen LogP contribution in [0.15, 0.2) is 53.3 Å². The summed E-state index contributed by atoms with van der Waals surface area (Å²) in [6.45, 7) is 0.180. The van der Waals surface area contributed by atoms with Gasteiger partial charge in [-0.05, 0) is 52.3 Å². The van der Waals surface area contributed by atoms with Crippen LogP contribution in [0.2, 0.25) is 0 Å². The number of nitrogens with zero attached hydrogens (tertiary/aromatic N) is 2. The number of halogens is 4. The van der Waals surface area contributed by atoms with Gasteiger partial charge in [0.2, 0.25) is 0 Å². The number of amides is 1. The molecular weight excluding hydrogens is 387 g/mol. The summed E-state index contributed by atoms with van der Waals surface area (Å²) < 4.78 is 40.2. The van der Waals surface area contributed by atoms with E-state index in [2.05, 4.69) is 26.2 Å². The number of pyridine rings is 1. The van der Waals surface area contributed by atoms with E-state index in [1.54, 1.807) is 6.20 Å². The summed E-state index contributed by atoms with van der Waals surface area (Å²) in [7, 11) is 0. The molecule has 1 N–H and O–H groups in total. The summed E-state index contributed by atoms with van der Waals surface area (Å²) in [4.78, 5) is 16.4. The summed E-state index contributed by atoms with van der Waals surface area (Å²) in [5.41, 5.74) is 0.754. The largest absolute Gasteiger partial charge is 0.416 e. The van der Waals surface area contributed by atoms with Gasteiger partial charge in [0.15, 0.2) is 0 Å². The van der Waals surface area contributed by atoms with E-state index < -0.39 is 17.6 Å². The molecule has 3 aromatic rings. The standard InChI is InChI=1S/C16H11BrF3N3O/c17-12-5-6-14-22-13(9-23(14)8-12)7-21-15(24)10-1-3-11(4-2-10)16(18,19)20/h1-6,8-9H,7H2,(H,21,24). The summed E-state index contributed by atoms with van der Waals surface area (Å²) in [5.74, 6) is -0.457. The number of hydrogen-bond donors (Lipinski definition) is 1. The van der Waals surface area contributed by atoms with Crippen LogP contribution < -0.4 is 5.32 Å². The zero-order valence-corrected chi connectivity index (χ0v) is 13.7. The van der Waals surface area contributed by atoms with Crippen LogP contribution in [0.5, 0.6) is 0 Å². The number of hydrogen-bond acceptors (Lipinski definition) is 2. The summed E-state index contributed by atoms with van der Waals surface area (Å²) in [5, 5.41) is 2.64. The van der Waals surface area contributed by atoms with Crippen LogP contribution in [-0.4, -0.2) is 15.3 Å². The first-order valence-corrected chi connectivity index (χ1v) is 7.71. The Labute approximate surface area is 143 Å². The lowest BCUT2D eigenvalue weighted by atomic mass is 10.1. The molecular formula is C16H11BrF3N3O. The van der Waals surface area contributed by atoms with Gasteiger partial charge in [0.1, 0.15) is 5.65 Å². The van der Waals surface area contributed by atoms with Gasteiger partial charge in [0.25, 0.3) is 5.91 Å². The molecule has 0 atom stereocenters. The Morgan fingerprint density at radius 1 is 1.12 bits per heavy atom. The minimum Gasteiger partial charge on any atom is -0.346 e. The maximum Gasteiger partial charge on any atom is 0.416 e. The van der Waals surface area contributed by atoms with Gasteiger partial charge in [0.05, 0.1) is 17.8 Å². The average Bonchev–Trinajstić information content (AvgIpc) is 2.94. The molecule has 24 heavy (non-hydrogen) atoms. The second-order valence-electron chi connectivity index (χ2n) is 5.10. The normalized spacial score (nSPS) is 11.7. The van der Waals surface area contributed by atoms with Crippen molar-refractivity contribution in [2.24, 2.45) is 0 Å². The number of aromatic nitrogens is 2. The molecule has 0 aliphatic rings. The Morgan fingerprint density at radius 2 is 1.83 bits per heavy atom. The molecule has 3 rings (SSSR count). The second kappa shape index (κ2) is 6.27. The van der Waals surface area contributed by atoms with E-state index in [1.807, 2.05) is 22.7 Å². The molecule has 0 spiro atoms. The van der Waals surface area contributed by atoms with E-state index in [-0.39, 0.29) is 12.1 Å². The zero-order valence-electron chi connectivity index (χ0n) is 12.1. The Balaban J connectivity index is 1.68. The molecule has 0 fully saturated rings. The lowest BCUT2D eigenvalue weighted by molar-refractivity contribution is -0.137. The molecule has 4 nitrogen and oxygen atoms in total. The Bertz CT molecular complexity index is 888. The lowest BCUT2D eigenvalue weighted by Gasteiger charge is -2.07. The molecule has 0 aliphatic heterocycles. The van der Waals surface area contributed by atoms with Crippen molar-refractivity contribution in [2.45, 2.75) is 12.7 Å². The minimum absolute atomic E-state index is 0.162. The molecule has 0 saturated heterocycles. The van der Waals surface area contributed by atoms with E-state index in [4.69, 9.17) is 0 Å². The number of imidazole rings is 1. The Kier molecular flexibility index (Phi) is 4.31. The molecule has 1 aromatic carbocycles. The third kappa shape index (κ3) is 3.59. The van der Waals surface area contributed by atoms with Crippen molar-refractivity contribution in [1.29, 1.82) is 0 Å². The Hall–Kier alpha value is -2.35. The summed E-state index contributed by atoms with van der Waals surface area (Å²) in [6, 6.07) is 7.75. The monoisotopic (exact) mass is 397 g/mol. The highest BCUT2D eigenvalue weighted by Crippen LogP contribution is 2.29. The highest BCUT2D eigenvalue weighted by Gasteiger charge is 2.30. The summed E-state index contributed by atoms with van der Waals surface area (Å²) in [6.07, 6.45) is -0.809. The Morgan fingerprint density at radius 3 is 2.50 bits per heavy atom. The average molecular weight is 398 g/mol. The van der Waals surface area contributed by atoms with Gasteiger partial charge >= 0.3 is 6.18 Å². The number of rotatable bonds is 3. The molecule has 0 saturated carbocycles. The molecule has 0 aliphatic carbocycles. The first-order chi connectivity index (χ1) is 11.3. The van der Waals surface area contributed by atoms with E-state index >= 15 is 0 Å². The number of fused-ring (bicyclic) bond motifs is 1. The van der Waals surface area contributed by atoms with Crippen molar-refractivity contribution in [3.05, 3.63) is 70.1 Å². The highest BCUT2D eigenvalue weighted by molar-refractivity contribution is 9.10. The van der Waals surface area contributed by atoms with Gasteiger partial charge in [-0.15, -0.1) is 0 Å². The number of benzene rings is 1. The van der Waals surface area contributed by atoms with E-state index in [9.17, 15) is 18.0 Å². The van der Waals surface area contributed by atoms with E-state index in [1.165, 1.54) is 0 Å². The number of nitrogens with one attached hydrogen (secondary N) is 1. The third-order valence-electron chi connectivity index (χ3n) is 3.37. The summed E-state index contributed by atoms with van der Waals surface area (Å²) >= 11 is 3.36. The molecule has 2 aromatic heterocycles. The molecule has 0 radical (unpaired) electrons. The van der Waals surface area contributed by atoms with Crippen LogP contribution in [0.4, 0.5) is 13.2 Å². The predicted molar refractivity (Wildman–Crippen MR) is 85.5 cm³/mol. The fraction of sp³-hybridized carbons (Fsp3) is 0.125. The first kappa shape index (κ1) is 16.5. The third-order valence-corrected chi connectivity index (χ3v) is 3.84. The van der Waals surface area contributed by atoms with E-state index in [0.717, 1.165) is 34.4 Å². The van der Waals surface area contributed by atoms with Crippen molar-refractivity contribution in [3.63, 3.8) is 0 Å². The molecule has 0 unspecified atom stereocenters. The van der Waals surface area contributed by atoms with Gasteiger partial charge in [0, 0.05) is 22.4 Å². The van der Waals surface area contributed by atoms with Crippen LogP contribution in [0, 0.1) is 0 Å². The van der Waals surface area contributed by atoms with Crippen molar-refractivity contribution in [3.8, 4) is 0 Å². The quantitative estimate of drug-likeness (QED) is 0.724. The maximum absolute atomic E-state index is 12.5. The smallest absolute Gasteiger partial charge is 0.346 e. The molecule has 0 bridgehead atoms. The zero-order chi connectivity index (χ0) is 17.3. The molecule has 1 amide bonds. The van der Waals surface area contributed by atoms with Crippen molar-refractivity contribution in [2.75, 3.05) is 0 Å². The van der Waals surface area contributed by atoms with Gasteiger partial charge < -0.3 is 9.72 Å². The SMILES string of the molecule is O=C(NCc1cn2cc(Br)ccc2n1)c1ccc(C(F)(F)F)cc1. The highest BCUT2D eigenvalue weighted by atomic mass is 79.9. The predicted octanol–water partition coefficient (Wildman–Crippen LogP) is 4.05. The van der Waals surface area contributed by atoms with Crippen molar-refractivity contribution in [1.82, 2.24) is 14.7 Å². The van der Waals surface area contributed by atoms with Crippen LogP contribution in [0.25, 0.3) is 5.65 Å². The number of carbonyl (C=O) groups excluding carboxylic acids is 1. The first-order valence-electron chi connectivity index (χ1n) is 6.91. The van der Waals surface area contributed by atoms with Gasteiger partial charge in [-0.25, -0.2) is 4.98 Å². The fourth-order valence-electron chi connectivity index (χ4n) is 2.19.